The van der Waals surface area contributed by atoms with Crippen molar-refractivity contribution in [1.29, 1.82) is 0 Å². The van der Waals surface area contributed by atoms with E-state index < -0.39 is 11.7 Å². The molecule has 0 N–H and O–H groups in total. The third-order valence-electron chi connectivity index (χ3n) is 5.74. The fourth-order valence-electron chi connectivity index (χ4n) is 4.30. The molecule has 2 heterocycles. The highest BCUT2D eigenvalue weighted by Crippen LogP contribution is 2.37. The standard InChI is InChI=1S/C24H25F3N2O2/c1-30-20-9-10-22(31-2)18(15-20)16-29-13-5-12-28-11-4-8-21(28)23(29)17-6-3-7-19(14-17)24(25,26)27/h3-4,6-11,14-15,23H,5,12-13,16H2,1-2H3/t23-/m1/s1. The molecule has 0 unspecified atom stereocenters. The summed E-state index contributed by atoms with van der Waals surface area (Å²) in [7, 11) is 3.22. The Morgan fingerprint density at radius 1 is 0.968 bits per heavy atom. The summed E-state index contributed by atoms with van der Waals surface area (Å²) in [5.41, 5.74) is 1.90. The maximum Gasteiger partial charge on any atom is 0.416 e. The monoisotopic (exact) mass is 430 g/mol. The van der Waals surface area contributed by atoms with E-state index in [9.17, 15) is 13.2 Å². The van der Waals surface area contributed by atoms with Gasteiger partial charge in [-0.05, 0) is 54.4 Å². The Hall–Kier alpha value is -2.93. The second kappa shape index (κ2) is 8.67. The maximum atomic E-state index is 13.4. The van der Waals surface area contributed by atoms with Crippen LogP contribution in [0.1, 0.15) is 34.8 Å². The molecule has 0 aliphatic carbocycles. The molecule has 4 nitrogen and oxygen atoms in total. The van der Waals surface area contributed by atoms with Crippen molar-refractivity contribution in [2.24, 2.45) is 0 Å². The fraction of sp³-hybridized carbons (Fsp3) is 0.333. The third-order valence-corrected chi connectivity index (χ3v) is 5.74. The van der Waals surface area contributed by atoms with E-state index in [1.54, 1.807) is 20.3 Å². The molecule has 1 aliphatic rings. The molecule has 1 aliphatic heterocycles. The van der Waals surface area contributed by atoms with Gasteiger partial charge in [-0.25, -0.2) is 0 Å². The van der Waals surface area contributed by atoms with E-state index >= 15 is 0 Å². The van der Waals surface area contributed by atoms with Crippen molar-refractivity contribution in [3.8, 4) is 11.5 Å². The second-order valence-electron chi connectivity index (χ2n) is 7.65. The predicted octanol–water partition coefficient (Wildman–Crippen LogP) is 5.52. The van der Waals surface area contributed by atoms with Crippen LogP contribution in [-0.2, 0) is 19.3 Å². The van der Waals surface area contributed by atoms with E-state index in [-0.39, 0.29) is 6.04 Å². The highest BCUT2D eigenvalue weighted by molar-refractivity contribution is 5.41. The number of aryl methyl sites for hydroxylation is 1. The Kier molecular flexibility index (Phi) is 5.96. The van der Waals surface area contributed by atoms with Gasteiger partial charge in [-0.15, -0.1) is 0 Å². The number of ether oxygens (including phenoxy) is 2. The highest BCUT2D eigenvalue weighted by atomic mass is 19.4. The number of fused-ring (bicyclic) bond motifs is 1. The number of aromatic nitrogens is 1. The van der Waals surface area contributed by atoms with Gasteiger partial charge in [-0.3, -0.25) is 4.90 Å². The van der Waals surface area contributed by atoms with Crippen molar-refractivity contribution in [1.82, 2.24) is 9.47 Å². The van der Waals surface area contributed by atoms with Crippen LogP contribution in [0.5, 0.6) is 11.5 Å². The first kappa shape index (κ1) is 21.3. The second-order valence-corrected chi connectivity index (χ2v) is 7.65. The first-order valence-corrected chi connectivity index (χ1v) is 10.2. The van der Waals surface area contributed by atoms with Gasteiger partial charge in [0.05, 0.1) is 25.8 Å². The number of hydrogen-bond acceptors (Lipinski definition) is 3. The fourth-order valence-corrected chi connectivity index (χ4v) is 4.30. The first-order chi connectivity index (χ1) is 14.9. The maximum absolute atomic E-state index is 13.4. The summed E-state index contributed by atoms with van der Waals surface area (Å²) < 4.78 is 53.3. The van der Waals surface area contributed by atoms with Gasteiger partial charge in [0.15, 0.2) is 0 Å². The van der Waals surface area contributed by atoms with Gasteiger partial charge in [0.2, 0.25) is 0 Å². The number of halogens is 3. The largest absolute Gasteiger partial charge is 0.497 e. The molecule has 31 heavy (non-hydrogen) atoms. The third kappa shape index (κ3) is 4.42. The lowest BCUT2D eigenvalue weighted by molar-refractivity contribution is -0.137. The molecular formula is C24H25F3N2O2. The van der Waals surface area contributed by atoms with Crippen molar-refractivity contribution < 1.29 is 22.6 Å². The van der Waals surface area contributed by atoms with Crippen LogP contribution < -0.4 is 9.47 Å². The van der Waals surface area contributed by atoms with Gasteiger partial charge in [0.1, 0.15) is 11.5 Å². The zero-order chi connectivity index (χ0) is 22.0. The zero-order valence-corrected chi connectivity index (χ0v) is 17.5. The normalized spacial score (nSPS) is 17.1. The van der Waals surface area contributed by atoms with Crippen LogP contribution in [-0.4, -0.2) is 30.2 Å². The van der Waals surface area contributed by atoms with Crippen molar-refractivity contribution in [3.05, 3.63) is 83.2 Å². The van der Waals surface area contributed by atoms with Crippen LogP contribution >= 0.6 is 0 Å². The lowest BCUT2D eigenvalue weighted by Gasteiger charge is -2.31. The van der Waals surface area contributed by atoms with Gasteiger partial charge >= 0.3 is 6.18 Å². The molecule has 2 aromatic carbocycles. The van der Waals surface area contributed by atoms with E-state index in [0.717, 1.165) is 42.6 Å². The van der Waals surface area contributed by atoms with E-state index in [0.29, 0.717) is 17.9 Å². The van der Waals surface area contributed by atoms with Crippen LogP contribution in [0, 0.1) is 0 Å². The molecule has 0 radical (unpaired) electrons. The van der Waals surface area contributed by atoms with Crippen LogP contribution in [0.3, 0.4) is 0 Å². The lowest BCUT2D eigenvalue weighted by atomic mass is 9.98. The number of nitrogens with zero attached hydrogens (tertiary/aromatic N) is 2. The van der Waals surface area contributed by atoms with E-state index in [1.165, 1.54) is 12.1 Å². The molecule has 164 valence electrons. The van der Waals surface area contributed by atoms with Crippen LogP contribution in [0.4, 0.5) is 13.2 Å². The molecule has 4 rings (SSSR count). The summed E-state index contributed by atoms with van der Waals surface area (Å²) in [5.74, 6) is 1.44. The number of methoxy groups -OCH3 is 2. The first-order valence-electron chi connectivity index (χ1n) is 10.2. The minimum Gasteiger partial charge on any atom is -0.497 e. The summed E-state index contributed by atoms with van der Waals surface area (Å²) in [4.78, 5) is 2.21. The molecule has 0 fully saturated rings. The molecule has 0 saturated heterocycles. The van der Waals surface area contributed by atoms with Crippen molar-refractivity contribution >= 4 is 0 Å². The smallest absolute Gasteiger partial charge is 0.416 e. The molecule has 7 heteroatoms. The highest BCUT2D eigenvalue weighted by Gasteiger charge is 2.33. The number of benzene rings is 2. The quantitative estimate of drug-likeness (QED) is 0.533. The average Bonchev–Trinajstić information content (AvgIpc) is 3.14. The Morgan fingerprint density at radius 2 is 1.81 bits per heavy atom. The lowest BCUT2D eigenvalue weighted by Crippen LogP contribution is -2.30. The van der Waals surface area contributed by atoms with Gasteiger partial charge in [-0.1, -0.05) is 12.1 Å². The molecule has 0 spiro atoms. The molecule has 1 aromatic heterocycles. The Bertz CT molecular complexity index is 1050. The van der Waals surface area contributed by atoms with Crippen LogP contribution in [0.15, 0.2) is 60.8 Å². The molecule has 0 saturated carbocycles. The number of alkyl halides is 3. The predicted molar refractivity (Wildman–Crippen MR) is 112 cm³/mol. The van der Waals surface area contributed by atoms with Crippen LogP contribution in [0.2, 0.25) is 0 Å². The summed E-state index contributed by atoms with van der Waals surface area (Å²) in [5, 5.41) is 0. The van der Waals surface area contributed by atoms with Gasteiger partial charge in [0, 0.05) is 37.1 Å². The molecule has 0 bridgehead atoms. The van der Waals surface area contributed by atoms with Crippen molar-refractivity contribution in [3.63, 3.8) is 0 Å². The van der Waals surface area contributed by atoms with E-state index in [4.69, 9.17) is 9.47 Å². The number of hydrogen-bond donors (Lipinski definition) is 0. The summed E-state index contributed by atoms with van der Waals surface area (Å²) in [6, 6.07) is 14.9. The van der Waals surface area contributed by atoms with Gasteiger partial charge in [-0.2, -0.15) is 13.2 Å². The Morgan fingerprint density at radius 3 is 2.55 bits per heavy atom. The number of rotatable bonds is 5. The van der Waals surface area contributed by atoms with Crippen molar-refractivity contribution in [2.75, 3.05) is 20.8 Å². The van der Waals surface area contributed by atoms with Crippen molar-refractivity contribution in [2.45, 2.75) is 31.7 Å². The Balaban J connectivity index is 1.78. The summed E-state index contributed by atoms with van der Waals surface area (Å²) in [6.45, 7) is 2.08. The van der Waals surface area contributed by atoms with E-state index in [2.05, 4.69) is 9.47 Å². The van der Waals surface area contributed by atoms with Gasteiger partial charge < -0.3 is 14.0 Å². The van der Waals surface area contributed by atoms with E-state index in [1.807, 2.05) is 36.5 Å². The Labute approximate surface area is 179 Å². The average molecular weight is 430 g/mol. The topological polar surface area (TPSA) is 26.6 Å². The zero-order valence-electron chi connectivity index (χ0n) is 17.5. The molecular weight excluding hydrogens is 405 g/mol. The van der Waals surface area contributed by atoms with Gasteiger partial charge in [0.25, 0.3) is 0 Å². The molecule has 0 amide bonds. The molecule has 1 atom stereocenters. The van der Waals surface area contributed by atoms with Crippen LogP contribution in [0.25, 0.3) is 0 Å². The molecule has 3 aromatic rings. The minimum atomic E-state index is -4.39. The minimum absolute atomic E-state index is 0.310. The SMILES string of the molecule is COc1ccc(OC)c(CN2CCCn3cccc3[C@H]2c2cccc(C(F)(F)F)c2)c1. The summed E-state index contributed by atoms with van der Waals surface area (Å²) >= 11 is 0. The summed E-state index contributed by atoms with van der Waals surface area (Å²) in [6.07, 6.45) is -1.50.